The first-order valence-corrected chi connectivity index (χ1v) is 7.66. The van der Waals surface area contributed by atoms with Crippen LogP contribution in [0.4, 0.5) is 0 Å². The van der Waals surface area contributed by atoms with Gasteiger partial charge in [-0.25, -0.2) is 0 Å². The number of carbonyl (C=O) groups excluding carboxylic acids is 3. The van der Waals surface area contributed by atoms with Crippen molar-refractivity contribution < 1.29 is 14.4 Å². The second kappa shape index (κ2) is 6.86. The Balaban J connectivity index is 1.89. The van der Waals surface area contributed by atoms with Gasteiger partial charge >= 0.3 is 0 Å². The first-order valence-electron chi connectivity index (χ1n) is 7.66. The van der Waals surface area contributed by atoms with Crippen LogP contribution in [0, 0.1) is 11.8 Å². The highest BCUT2D eigenvalue weighted by Gasteiger charge is 2.32. The van der Waals surface area contributed by atoms with Crippen LogP contribution in [0.3, 0.4) is 0 Å². The zero-order valence-electron chi connectivity index (χ0n) is 11.9. The summed E-state index contributed by atoms with van der Waals surface area (Å²) < 4.78 is 0. The van der Waals surface area contributed by atoms with Gasteiger partial charge < -0.3 is 11.1 Å². The molecule has 0 aromatic rings. The second-order valence-electron chi connectivity index (χ2n) is 6.20. The monoisotopic (exact) mass is 280 g/mol. The lowest BCUT2D eigenvalue weighted by Gasteiger charge is -2.28. The Labute approximate surface area is 119 Å². The van der Waals surface area contributed by atoms with E-state index in [1.807, 2.05) is 0 Å². The SMILES string of the molecule is NC(=O)[C@H](NC(=O)CC1CCCC1)[C@@H]1CCCC(=O)C1. The molecule has 0 radical (unpaired) electrons. The number of rotatable bonds is 5. The van der Waals surface area contributed by atoms with Gasteiger partial charge in [-0.1, -0.05) is 12.8 Å². The van der Waals surface area contributed by atoms with Gasteiger partial charge in [-0.15, -0.1) is 0 Å². The molecule has 2 aliphatic rings. The topological polar surface area (TPSA) is 89.3 Å². The molecule has 2 saturated carbocycles. The minimum Gasteiger partial charge on any atom is -0.368 e. The number of hydrogen-bond donors (Lipinski definition) is 2. The molecule has 0 aromatic carbocycles. The summed E-state index contributed by atoms with van der Waals surface area (Å²) in [5.41, 5.74) is 5.40. The van der Waals surface area contributed by atoms with Crippen LogP contribution in [0.15, 0.2) is 0 Å². The van der Waals surface area contributed by atoms with Crippen molar-refractivity contribution >= 4 is 17.6 Å². The molecule has 2 fully saturated rings. The quantitative estimate of drug-likeness (QED) is 0.795. The lowest BCUT2D eigenvalue weighted by Crippen LogP contribution is -2.50. The van der Waals surface area contributed by atoms with Crippen molar-refractivity contribution in [2.75, 3.05) is 0 Å². The molecule has 20 heavy (non-hydrogen) atoms. The van der Waals surface area contributed by atoms with Crippen LogP contribution < -0.4 is 11.1 Å². The van der Waals surface area contributed by atoms with Crippen LogP contribution in [0.5, 0.6) is 0 Å². The van der Waals surface area contributed by atoms with Crippen LogP contribution in [0.2, 0.25) is 0 Å². The molecule has 0 unspecified atom stereocenters. The number of primary amides is 1. The number of nitrogens with one attached hydrogen (secondary N) is 1. The Morgan fingerprint density at radius 1 is 1.20 bits per heavy atom. The van der Waals surface area contributed by atoms with Crippen LogP contribution in [0.1, 0.15) is 57.8 Å². The number of hydrogen-bond acceptors (Lipinski definition) is 3. The van der Waals surface area contributed by atoms with Crippen molar-refractivity contribution in [2.24, 2.45) is 17.6 Å². The molecule has 0 aromatic heterocycles. The van der Waals surface area contributed by atoms with Crippen LogP contribution >= 0.6 is 0 Å². The van der Waals surface area contributed by atoms with E-state index in [1.165, 1.54) is 12.8 Å². The minimum atomic E-state index is -0.687. The Hall–Kier alpha value is -1.39. The summed E-state index contributed by atoms with van der Waals surface area (Å²) in [7, 11) is 0. The molecule has 0 spiro atoms. The molecule has 2 rings (SSSR count). The molecule has 112 valence electrons. The highest BCUT2D eigenvalue weighted by molar-refractivity contribution is 5.88. The first kappa shape index (κ1) is 15.0. The molecule has 5 nitrogen and oxygen atoms in total. The predicted octanol–water partition coefficient (Wildman–Crippen LogP) is 1.30. The van der Waals surface area contributed by atoms with Gasteiger partial charge in [-0.2, -0.15) is 0 Å². The highest BCUT2D eigenvalue weighted by atomic mass is 16.2. The van der Waals surface area contributed by atoms with Crippen molar-refractivity contribution in [2.45, 2.75) is 63.8 Å². The average molecular weight is 280 g/mol. The summed E-state index contributed by atoms with van der Waals surface area (Å²) in [5.74, 6) is -0.140. The molecule has 0 heterocycles. The molecule has 0 aliphatic heterocycles. The Bertz CT molecular complexity index is 389. The molecule has 2 amide bonds. The largest absolute Gasteiger partial charge is 0.368 e. The standard InChI is InChI=1S/C15H24N2O3/c16-15(20)14(11-6-3-7-12(18)9-11)17-13(19)8-10-4-1-2-5-10/h10-11,14H,1-9H2,(H2,16,20)(H,17,19)/t11-,14-/m1/s1. The Morgan fingerprint density at radius 2 is 1.90 bits per heavy atom. The van der Waals surface area contributed by atoms with E-state index >= 15 is 0 Å². The van der Waals surface area contributed by atoms with Gasteiger partial charge in [0.15, 0.2) is 0 Å². The van der Waals surface area contributed by atoms with Gasteiger partial charge in [-0.3, -0.25) is 14.4 Å². The molecule has 0 bridgehead atoms. The van der Waals surface area contributed by atoms with Crippen LogP contribution in [-0.2, 0) is 14.4 Å². The second-order valence-corrected chi connectivity index (χ2v) is 6.20. The average Bonchev–Trinajstić information content (AvgIpc) is 2.88. The van der Waals surface area contributed by atoms with E-state index in [4.69, 9.17) is 5.73 Å². The zero-order valence-corrected chi connectivity index (χ0v) is 11.9. The summed E-state index contributed by atoms with van der Waals surface area (Å²) in [6, 6.07) is -0.687. The van der Waals surface area contributed by atoms with E-state index < -0.39 is 11.9 Å². The smallest absolute Gasteiger partial charge is 0.240 e. The fourth-order valence-electron chi connectivity index (χ4n) is 3.47. The van der Waals surface area contributed by atoms with Crippen molar-refractivity contribution in [3.63, 3.8) is 0 Å². The third-order valence-corrected chi connectivity index (χ3v) is 4.56. The number of amides is 2. The fraction of sp³-hybridized carbons (Fsp3) is 0.800. The molecular formula is C15H24N2O3. The molecule has 2 aliphatic carbocycles. The van der Waals surface area contributed by atoms with Gasteiger partial charge in [-0.05, 0) is 37.5 Å². The van der Waals surface area contributed by atoms with E-state index in [9.17, 15) is 14.4 Å². The fourth-order valence-corrected chi connectivity index (χ4v) is 3.47. The van der Waals surface area contributed by atoms with Gasteiger partial charge in [0, 0.05) is 19.3 Å². The molecule has 0 saturated heterocycles. The van der Waals surface area contributed by atoms with E-state index in [-0.39, 0.29) is 17.6 Å². The van der Waals surface area contributed by atoms with E-state index in [0.29, 0.717) is 25.2 Å². The lowest BCUT2D eigenvalue weighted by atomic mass is 9.82. The molecule has 3 N–H and O–H groups in total. The summed E-state index contributed by atoms with van der Waals surface area (Å²) in [4.78, 5) is 35.1. The minimum absolute atomic E-state index is 0.0984. The molecule has 5 heteroatoms. The molecule has 2 atom stereocenters. The van der Waals surface area contributed by atoms with Gasteiger partial charge in [0.25, 0.3) is 0 Å². The van der Waals surface area contributed by atoms with Crippen LogP contribution in [0.25, 0.3) is 0 Å². The highest BCUT2D eigenvalue weighted by Crippen LogP contribution is 2.28. The van der Waals surface area contributed by atoms with Gasteiger partial charge in [0.1, 0.15) is 11.8 Å². The molecular weight excluding hydrogens is 256 g/mol. The maximum atomic E-state index is 12.0. The van der Waals surface area contributed by atoms with Gasteiger partial charge in [0.2, 0.25) is 11.8 Å². The summed E-state index contributed by atoms with van der Waals surface area (Å²) in [6.07, 6.45) is 7.55. The number of nitrogens with two attached hydrogens (primary N) is 1. The summed E-state index contributed by atoms with van der Waals surface area (Å²) in [6.45, 7) is 0. The Morgan fingerprint density at radius 3 is 2.50 bits per heavy atom. The van der Waals surface area contributed by atoms with E-state index in [2.05, 4.69) is 5.32 Å². The zero-order chi connectivity index (χ0) is 14.5. The number of Topliss-reactive ketones (excluding diaryl/α,β-unsaturated/α-hetero) is 1. The van der Waals surface area contributed by atoms with Crippen LogP contribution in [-0.4, -0.2) is 23.6 Å². The third kappa shape index (κ3) is 4.05. The Kier molecular flexibility index (Phi) is 5.15. The lowest BCUT2D eigenvalue weighted by molar-refractivity contribution is -0.131. The van der Waals surface area contributed by atoms with Crippen molar-refractivity contribution in [1.82, 2.24) is 5.32 Å². The predicted molar refractivity (Wildman–Crippen MR) is 74.7 cm³/mol. The summed E-state index contributed by atoms with van der Waals surface area (Å²) in [5, 5.41) is 2.77. The van der Waals surface area contributed by atoms with Crippen molar-refractivity contribution in [3.8, 4) is 0 Å². The maximum absolute atomic E-state index is 12.0. The number of carbonyl (C=O) groups is 3. The maximum Gasteiger partial charge on any atom is 0.240 e. The van der Waals surface area contributed by atoms with Gasteiger partial charge in [0.05, 0.1) is 0 Å². The first-order chi connectivity index (χ1) is 9.56. The normalized spacial score (nSPS) is 25.4. The van der Waals surface area contributed by atoms with Crippen molar-refractivity contribution in [3.05, 3.63) is 0 Å². The van der Waals surface area contributed by atoms with Crippen molar-refractivity contribution in [1.29, 1.82) is 0 Å². The van der Waals surface area contributed by atoms with E-state index in [1.54, 1.807) is 0 Å². The third-order valence-electron chi connectivity index (χ3n) is 4.56. The van der Waals surface area contributed by atoms with E-state index in [0.717, 1.165) is 25.7 Å². The number of ketones is 1. The summed E-state index contributed by atoms with van der Waals surface area (Å²) >= 11 is 0.